The van der Waals surface area contributed by atoms with Gasteiger partial charge >= 0.3 is 0 Å². The van der Waals surface area contributed by atoms with E-state index in [0.717, 1.165) is 23.4 Å². The highest BCUT2D eigenvalue weighted by molar-refractivity contribution is 5.94. The molecule has 1 heterocycles. The van der Waals surface area contributed by atoms with E-state index in [4.69, 9.17) is 4.74 Å². The molecule has 0 saturated carbocycles. The van der Waals surface area contributed by atoms with Crippen molar-refractivity contribution < 1.29 is 9.53 Å². The Labute approximate surface area is 124 Å². The zero-order valence-electron chi connectivity index (χ0n) is 11.7. The van der Waals surface area contributed by atoms with E-state index < -0.39 is 6.10 Å². The second-order valence-corrected chi connectivity index (χ2v) is 5.00. The summed E-state index contributed by atoms with van der Waals surface area (Å²) in [6.45, 7) is 1.94. The van der Waals surface area contributed by atoms with Crippen LogP contribution in [-0.2, 0) is 9.53 Å². The van der Waals surface area contributed by atoms with Gasteiger partial charge in [0.05, 0.1) is 6.61 Å². The van der Waals surface area contributed by atoms with Gasteiger partial charge in [-0.15, -0.1) is 0 Å². The molecular formula is C17H18N2O2. The van der Waals surface area contributed by atoms with E-state index in [9.17, 15) is 4.79 Å². The van der Waals surface area contributed by atoms with Crippen molar-refractivity contribution >= 4 is 11.6 Å². The van der Waals surface area contributed by atoms with Crippen LogP contribution in [0.25, 0.3) is 11.1 Å². The number of carbonyl (C=O) groups is 1. The zero-order chi connectivity index (χ0) is 14.5. The number of carbonyl (C=O) groups excluding carboxylic acids is 1. The molecule has 0 radical (unpaired) electrons. The smallest absolute Gasteiger partial charge is 0.254 e. The Bertz CT molecular complexity index is 590. The third-order valence-corrected chi connectivity index (χ3v) is 3.48. The van der Waals surface area contributed by atoms with Crippen molar-refractivity contribution in [1.82, 2.24) is 5.32 Å². The molecule has 0 aliphatic carbocycles. The molecule has 2 aromatic rings. The van der Waals surface area contributed by atoms with Crippen LogP contribution in [0, 0.1) is 0 Å². The molecule has 1 aliphatic heterocycles. The first-order chi connectivity index (χ1) is 10.3. The van der Waals surface area contributed by atoms with Gasteiger partial charge in [0, 0.05) is 18.8 Å². The summed E-state index contributed by atoms with van der Waals surface area (Å²) < 4.78 is 5.43. The van der Waals surface area contributed by atoms with Crippen LogP contribution >= 0.6 is 0 Å². The lowest BCUT2D eigenvalue weighted by Gasteiger charge is -2.22. The van der Waals surface area contributed by atoms with Crippen LogP contribution in [0.3, 0.4) is 0 Å². The number of anilines is 1. The van der Waals surface area contributed by atoms with E-state index in [1.54, 1.807) is 0 Å². The Morgan fingerprint density at radius 3 is 2.43 bits per heavy atom. The molecule has 108 valence electrons. The summed E-state index contributed by atoms with van der Waals surface area (Å²) in [6, 6.07) is 18.0. The Kier molecular flexibility index (Phi) is 4.28. The summed E-state index contributed by atoms with van der Waals surface area (Å²) in [6.07, 6.45) is -0.410. The molecule has 3 rings (SSSR count). The van der Waals surface area contributed by atoms with Crippen molar-refractivity contribution in [2.45, 2.75) is 6.10 Å². The van der Waals surface area contributed by atoms with Gasteiger partial charge in [-0.05, 0) is 23.3 Å². The molecule has 4 nitrogen and oxygen atoms in total. The molecule has 1 unspecified atom stereocenters. The molecular weight excluding hydrogens is 264 g/mol. The van der Waals surface area contributed by atoms with Gasteiger partial charge in [-0.1, -0.05) is 42.5 Å². The topological polar surface area (TPSA) is 50.4 Å². The van der Waals surface area contributed by atoms with Gasteiger partial charge in [0.2, 0.25) is 0 Å². The molecule has 1 fully saturated rings. The lowest BCUT2D eigenvalue weighted by Crippen LogP contribution is -2.45. The summed E-state index contributed by atoms with van der Waals surface area (Å²) in [4.78, 5) is 12.0. The SMILES string of the molecule is O=C(Nc1ccc(-c2ccccc2)cc1)C1CNCCO1. The fourth-order valence-corrected chi connectivity index (χ4v) is 2.33. The van der Waals surface area contributed by atoms with Crippen molar-refractivity contribution in [3.63, 3.8) is 0 Å². The Balaban J connectivity index is 1.65. The highest BCUT2D eigenvalue weighted by Crippen LogP contribution is 2.21. The third kappa shape index (κ3) is 3.48. The van der Waals surface area contributed by atoms with Crippen LogP contribution in [-0.4, -0.2) is 31.7 Å². The number of hydrogen-bond donors (Lipinski definition) is 2. The predicted molar refractivity (Wildman–Crippen MR) is 83.1 cm³/mol. The van der Waals surface area contributed by atoms with Crippen molar-refractivity contribution in [3.8, 4) is 11.1 Å². The van der Waals surface area contributed by atoms with E-state index in [1.165, 1.54) is 0 Å². The first-order valence-electron chi connectivity index (χ1n) is 7.11. The van der Waals surface area contributed by atoms with Crippen LogP contribution in [0.5, 0.6) is 0 Å². The third-order valence-electron chi connectivity index (χ3n) is 3.48. The molecule has 2 aromatic carbocycles. The number of nitrogens with one attached hydrogen (secondary N) is 2. The molecule has 1 amide bonds. The Morgan fingerprint density at radius 1 is 1.05 bits per heavy atom. The van der Waals surface area contributed by atoms with Gasteiger partial charge in [-0.2, -0.15) is 0 Å². The Morgan fingerprint density at radius 2 is 1.76 bits per heavy atom. The summed E-state index contributed by atoms with van der Waals surface area (Å²) in [5.41, 5.74) is 3.08. The summed E-state index contributed by atoms with van der Waals surface area (Å²) in [5.74, 6) is -0.102. The van der Waals surface area contributed by atoms with Gasteiger partial charge in [0.15, 0.2) is 0 Å². The second kappa shape index (κ2) is 6.52. The van der Waals surface area contributed by atoms with E-state index in [-0.39, 0.29) is 5.91 Å². The zero-order valence-corrected chi connectivity index (χ0v) is 11.7. The fraction of sp³-hybridized carbons (Fsp3) is 0.235. The van der Waals surface area contributed by atoms with Gasteiger partial charge < -0.3 is 15.4 Å². The van der Waals surface area contributed by atoms with E-state index >= 15 is 0 Å². The highest BCUT2D eigenvalue weighted by Gasteiger charge is 2.21. The average Bonchev–Trinajstić information content (AvgIpc) is 2.57. The van der Waals surface area contributed by atoms with Crippen LogP contribution in [0.1, 0.15) is 0 Å². The second-order valence-electron chi connectivity index (χ2n) is 5.00. The number of benzene rings is 2. The molecule has 21 heavy (non-hydrogen) atoms. The monoisotopic (exact) mass is 282 g/mol. The standard InChI is InChI=1S/C17H18N2O2/c20-17(16-12-18-10-11-21-16)19-15-8-6-14(7-9-15)13-4-2-1-3-5-13/h1-9,16,18H,10-12H2,(H,19,20). The molecule has 0 spiro atoms. The molecule has 0 bridgehead atoms. The van der Waals surface area contributed by atoms with Crippen LogP contribution < -0.4 is 10.6 Å². The van der Waals surface area contributed by atoms with Gasteiger partial charge in [0.1, 0.15) is 6.10 Å². The van der Waals surface area contributed by atoms with Crippen molar-refractivity contribution in [2.75, 3.05) is 25.0 Å². The first-order valence-corrected chi connectivity index (χ1v) is 7.11. The number of morpholine rings is 1. The first kappa shape index (κ1) is 13.8. The minimum atomic E-state index is -0.410. The highest BCUT2D eigenvalue weighted by atomic mass is 16.5. The number of rotatable bonds is 3. The minimum absolute atomic E-state index is 0.102. The Hall–Kier alpha value is -2.17. The van der Waals surface area contributed by atoms with Gasteiger partial charge in [-0.25, -0.2) is 0 Å². The number of ether oxygens (including phenoxy) is 1. The normalized spacial score (nSPS) is 18.2. The van der Waals surface area contributed by atoms with E-state index in [0.29, 0.717) is 13.2 Å². The summed E-state index contributed by atoms with van der Waals surface area (Å²) in [7, 11) is 0. The van der Waals surface area contributed by atoms with E-state index in [2.05, 4.69) is 22.8 Å². The largest absolute Gasteiger partial charge is 0.366 e. The lowest BCUT2D eigenvalue weighted by molar-refractivity contribution is -0.128. The summed E-state index contributed by atoms with van der Waals surface area (Å²) >= 11 is 0. The maximum absolute atomic E-state index is 12.0. The van der Waals surface area contributed by atoms with Gasteiger partial charge in [-0.3, -0.25) is 4.79 Å². The molecule has 1 saturated heterocycles. The van der Waals surface area contributed by atoms with Crippen LogP contribution in [0.4, 0.5) is 5.69 Å². The molecule has 0 aromatic heterocycles. The maximum atomic E-state index is 12.0. The predicted octanol–water partition coefficient (Wildman–Crippen LogP) is 2.28. The molecule has 1 aliphatic rings. The summed E-state index contributed by atoms with van der Waals surface area (Å²) in [5, 5.41) is 6.03. The quantitative estimate of drug-likeness (QED) is 0.908. The number of amides is 1. The van der Waals surface area contributed by atoms with Crippen molar-refractivity contribution in [3.05, 3.63) is 54.6 Å². The van der Waals surface area contributed by atoms with Crippen LogP contribution in [0.15, 0.2) is 54.6 Å². The average molecular weight is 282 g/mol. The molecule has 4 heteroatoms. The fourth-order valence-electron chi connectivity index (χ4n) is 2.33. The van der Waals surface area contributed by atoms with Crippen LogP contribution in [0.2, 0.25) is 0 Å². The van der Waals surface area contributed by atoms with Gasteiger partial charge in [0.25, 0.3) is 5.91 Å². The van der Waals surface area contributed by atoms with Crippen molar-refractivity contribution in [1.29, 1.82) is 0 Å². The molecule has 2 N–H and O–H groups in total. The maximum Gasteiger partial charge on any atom is 0.254 e. The lowest BCUT2D eigenvalue weighted by atomic mass is 10.1. The number of hydrogen-bond acceptors (Lipinski definition) is 3. The van der Waals surface area contributed by atoms with Crippen molar-refractivity contribution in [2.24, 2.45) is 0 Å². The minimum Gasteiger partial charge on any atom is -0.366 e. The van der Waals surface area contributed by atoms with E-state index in [1.807, 2.05) is 42.5 Å². The molecule has 1 atom stereocenters.